The largest absolute Gasteiger partial charge is 0.443 e. The number of amides is 1. The minimum absolute atomic E-state index is 0.114. The van der Waals surface area contributed by atoms with Crippen molar-refractivity contribution in [3.8, 4) is 0 Å². The van der Waals surface area contributed by atoms with Gasteiger partial charge >= 0.3 is 30.0 Å². The summed E-state index contributed by atoms with van der Waals surface area (Å²) in [6.07, 6.45) is -13.9. The first-order valence-corrected chi connectivity index (χ1v) is 10.3. The lowest BCUT2D eigenvalue weighted by molar-refractivity contribution is -0.356. The van der Waals surface area contributed by atoms with Crippen molar-refractivity contribution in [1.82, 2.24) is 0 Å². The SMILES string of the molecule is [B]c1cc(C(=O)OC(CS(=O)(=O)O)(C(F)(F)F)C(F)(F)F)ccc1N(C)C(=O)OC(C)(C)C. The zero-order valence-corrected chi connectivity index (χ0v) is 18.4. The first kappa shape index (κ1) is 28.5. The molecule has 0 saturated carbocycles. The number of carbonyl (C=O) groups is 2. The Labute approximate surface area is 186 Å². The number of hydrogen-bond donors (Lipinski definition) is 1. The minimum atomic E-state index is -6.47. The third-order valence-electron chi connectivity index (χ3n) is 3.86. The molecule has 0 aliphatic heterocycles. The van der Waals surface area contributed by atoms with Gasteiger partial charge in [-0.05, 0) is 32.9 Å². The highest BCUT2D eigenvalue weighted by molar-refractivity contribution is 7.85. The molecule has 1 rings (SSSR count). The molecule has 0 unspecified atom stereocenters. The second-order valence-corrected chi connectivity index (χ2v) is 9.20. The number of hydrogen-bond acceptors (Lipinski definition) is 6. The summed E-state index contributed by atoms with van der Waals surface area (Å²) in [5.41, 5.74) is -7.95. The summed E-state index contributed by atoms with van der Waals surface area (Å²) in [7, 11) is 0.931. The highest BCUT2D eigenvalue weighted by atomic mass is 32.2. The summed E-state index contributed by atoms with van der Waals surface area (Å²) in [4.78, 5) is 25.1. The van der Waals surface area contributed by atoms with Crippen molar-refractivity contribution >= 4 is 41.2 Å². The van der Waals surface area contributed by atoms with Crippen LogP contribution in [0.1, 0.15) is 31.1 Å². The van der Waals surface area contributed by atoms with Gasteiger partial charge in [-0.1, -0.05) is 11.5 Å². The standard InChI is InChI=1S/C17H18BF6NO7S/c1-14(2,3)32-13(27)25(4)11-6-5-9(7-10(11)18)12(26)31-15(16(19,20)21,17(22,23)24)8-33(28,29)30/h5-7H,8H2,1-4H3,(H,28,29,30). The van der Waals surface area contributed by atoms with E-state index in [2.05, 4.69) is 4.74 Å². The summed E-state index contributed by atoms with van der Waals surface area (Å²) < 4.78 is 119. The Kier molecular flexibility index (Phi) is 7.82. The van der Waals surface area contributed by atoms with E-state index in [1.807, 2.05) is 0 Å². The van der Waals surface area contributed by atoms with Gasteiger partial charge in [0.15, 0.2) is 0 Å². The summed E-state index contributed by atoms with van der Waals surface area (Å²) >= 11 is 0. The zero-order chi connectivity index (χ0) is 26.2. The van der Waals surface area contributed by atoms with Gasteiger partial charge in [0.2, 0.25) is 0 Å². The third kappa shape index (κ3) is 7.00. The van der Waals surface area contributed by atoms with Crippen molar-refractivity contribution in [2.75, 3.05) is 17.7 Å². The lowest BCUT2D eigenvalue weighted by Gasteiger charge is -2.35. The fourth-order valence-corrected chi connectivity index (χ4v) is 3.26. The predicted molar refractivity (Wildman–Crippen MR) is 103 cm³/mol. The number of halogens is 6. The van der Waals surface area contributed by atoms with Crippen molar-refractivity contribution in [3.05, 3.63) is 23.8 Å². The van der Waals surface area contributed by atoms with E-state index in [4.69, 9.17) is 17.1 Å². The number of ether oxygens (including phenoxy) is 2. The average Bonchev–Trinajstić information content (AvgIpc) is 2.55. The quantitative estimate of drug-likeness (QED) is 0.284. The molecule has 1 amide bonds. The fourth-order valence-electron chi connectivity index (χ4n) is 2.36. The molecule has 0 fully saturated rings. The summed E-state index contributed by atoms with van der Waals surface area (Å²) in [5.74, 6) is -5.26. The predicted octanol–water partition coefficient (Wildman–Crippen LogP) is 2.76. The Morgan fingerprint density at radius 3 is 1.88 bits per heavy atom. The maximum absolute atomic E-state index is 13.3. The van der Waals surface area contributed by atoms with Crippen LogP contribution < -0.4 is 10.4 Å². The van der Waals surface area contributed by atoms with Crippen LogP contribution in [0, 0.1) is 0 Å². The van der Waals surface area contributed by atoms with Crippen LogP contribution >= 0.6 is 0 Å². The van der Waals surface area contributed by atoms with Crippen molar-refractivity contribution < 1.29 is 58.4 Å². The van der Waals surface area contributed by atoms with Gasteiger partial charge < -0.3 is 9.47 Å². The van der Waals surface area contributed by atoms with E-state index in [0.717, 1.165) is 11.0 Å². The minimum Gasteiger partial charge on any atom is -0.443 e. The van der Waals surface area contributed by atoms with E-state index < -0.39 is 62.5 Å². The molecule has 1 aromatic carbocycles. The highest BCUT2D eigenvalue weighted by Crippen LogP contribution is 2.47. The lowest BCUT2D eigenvalue weighted by Crippen LogP contribution is -2.63. The highest BCUT2D eigenvalue weighted by Gasteiger charge is 2.76. The number of benzene rings is 1. The van der Waals surface area contributed by atoms with E-state index >= 15 is 0 Å². The Hall–Kier alpha value is -2.49. The van der Waals surface area contributed by atoms with Gasteiger partial charge in [-0.25, -0.2) is 9.59 Å². The molecule has 0 aromatic heterocycles. The third-order valence-corrected chi connectivity index (χ3v) is 4.63. The fraction of sp³-hybridized carbons (Fsp3) is 0.529. The summed E-state index contributed by atoms with van der Waals surface area (Å²) in [6, 6.07) is 2.23. The molecule has 8 nitrogen and oxygen atoms in total. The molecule has 16 heteroatoms. The van der Waals surface area contributed by atoms with Crippen LogP contribution in [0.5, 0.6) is 0 Å². The van der Waals surface area contributed by atoms with E-state index in [-0.39, 0.29) is 5.69 Å². The van der Waals surface area contributed by atoms with Crippen LogP contribution in [-0.4, -0.2) is 69.2 Å². The molecule has 33 heavy (non-hydrogen) atoms. The second-order valence-electron chi connectivity index (χ2n) is 7.75. The molecule has 1 N–H and O–H groups in total. The normalized spacial score (nSPS) is 13.4. The maximum Gasteiger partial charge on any atom is 0.438 e. The molecule has 184 valence electrons. The first-order chi connectivity index (χ1) is 14.5. The van der Waals surface area contributed by atoms with Crippen molar-refractivity contribution in [2.45, 2.75) is 44.3 Å². The lowest BCUT2D eigenvalue weighted by atomic mass is 9.91. The molecule has 0 aliphatic carbocycles. The molecule has 2 radical (unpaired) electrons. The van der Waals surface area contributed by atoms with E-state index in [0.29, 0.717) is 12.1 Å². The van der Waals surface area contributed by atoms with Crippen molar-refractivity contribution in [2.24, 2.45) is 0 Å². The van der Waals surface area contributed by atoms with E-state index in [1.54, 1.807) is 20.8 Å². The Morgan fingerprint density at radius 2 is 1.52 bits per heavy atom. The van der Waals surface area contributed by atoms with Crippen LogP contribution in [0.15, 0.2) is 18.2 Å². The Bertz CT molecular complexity index is 1000. The van der Waals surface area contributed by atoms with Crippen LogP contribution in [-0.2, 0) is 19.6 Å². The Balaban J connectivity index is 3.38. The monoisotopic (exact) mass is 505 g/mol. The van der Waals surface area contributed by atoms with Crippen molar-refractivity contribution in [1.29, 1.82) is 0 Å². The van der Waals surface area contributed by atoms with Gasteiger partial charge in [0, 0.05) is 12.7 Å². The van der Waals surface area contributed by atoms with Gasteiger partial charge in [0.05, 0.1) is 5.56 Å². The van der Waals surface area contributed by atoms with Gasteiger partial charge in [0.1, 0.15) is 19.2 Å². The number of nitrogens with zero attached hydrogens (tertiary/aromatic N) is 1. The van der Waals surface area contributed by atoms with Crippen molar-refractivity contribution in [3.63, 3.8) is 0 Å². The van der Waals surface area contributed by atoms with Gasteiger partial charge in [-0.3, -0.25) is 9.45 Å². The number of anilines is 1. The van der Waals surface area contributed by atoms with Gasteiger partial charge in [-0.15, -0.1) is 0 Å². The molecule has 1 aromatic rings. The maximum atomic E-state index is 13.3. The molecule has 0 aliphatic rings. The first-order valence-electron chi connectivity index (χ1n) is 8.69. The molecule has 0 saturated heterocycles. The van der Waals surface area contributed by atoms with Crippen LogP contribution in [0.25, 0.3) is 0 Å². The number of esters is 1. The summed E-state index contributed by atoms with van der Waals surface area (Å²) in [5, 5.41) is 0. The van der Waals surface area contributed by atoms with E-state index in [9.17, 15) is 44.3 Å². The topological polar surface area (TPSA) is 110 Å². The Morgan fingerprint density at radius 1 is 1.03 bits per heavy atom. The molecular weight excluding hydrogens is 487 g/mol. The van der Waals surface area contributed by atoms with Crippen LogP contribution in [0.2, 0.25) is 0 Å². The molecule has 0 bridgehead atoms. The molecule has 0 spiro atoms. The number of rotatable bonds is 5. The van der Waals surface area contributed by atoms with E-state index in [1.165, 1.54) is 7.05 Å². The van der Waals surface area contributed by atoms with Gasteiger partial charge in [-0.2, -0.15) is 34.8 Å². The number of alkyl halides is 6. The molecule has 0 heterocycles. The van der Waals surface area contributed by atoms with Gasteiger partial charge in [0.25, 0.3) is 10.1 Å². The number of carbonyl (C=O) groups excluding carboxylic acids is 2. The molecular formula is C17H18BF6NO7S. The summed E-state index contributed by atoms with van der Waals surface area (Å²) in [6.45, 7) is 4.67. The smallest absolute Gasteiger partial charge is 0.438 e. The molecule has 0 atom stereocenters. The van der Waals surface area contributed by atoms with Crippen LogP contribution in [0.3, 0.4) is 0 Å². The zero-order valence-electron chi connectivity index (χ0n) is 17.5. The van der Waals surface area contributed by atoms with Crippen LogP contribution in [0.4, 0.5) is 36.8 Å². The average molecular weight is 505 g/mol. The second kappa shape index (κ2) is 9.04.